The Labute approximate surface area is 146 Å². The van der Waals surface area contributed by atoms with Gasteiger partial charge in [-0.3, -0.25) is 14.6 Å². The summed E-state index contributed by atoms with van der Waals surface area (Å²) in [7, 11) is 0. The molecular formula is C20H22N2O3. The van der Waals surface area contributed by atoms with E-state index in [1.807, 2.05) is 30.3 Å². The molecule has 2 saturated carbocycles. The van der Waals surface area contributed by atoms with Crippen LogP contribution in [0.3, 0.4) is 0 Å². The summed E-state index contributed by atoms with van der Waals surface area (Å²) >= 11 is 0. The highest BCUT2D eigenvalue weighted by Crippen LogP contribution is 2.40. The summed E-state index contributed by atoms with van der Waals surface area (Å²) in [6.45, 7) is 1.92. The Bertz CT molecular complexity index is 840. The number of nitrogens with zero attached hydrogens (tertiary/aromatic N) is 2. The first kappa shape index (κ1) is 16.1. The van der Waals surface area contributed by atoms with E-state index in [1.165, 1.54) is 0 Å². The molecule has 2 aliphatic rings. The SMILES string of the molecule is CC(CN(C(=O)c1cc(C2CC2)nc2ccccc12)C1CC1)C(=O)O. The minimum atomic E-state index is -0.864. The van der Waals surface area contributed by atoms with Gasteiger partial charge in [-0.2, -0.15) is 0 Å². The fourth-order valence-electron chi connectivity index (χ4n) is 3.27. The van der Waals surface area contributed by atoms with E-state index in [2.05, 4.69) is 0 Å². The second kappa shape index (κ2) is 6.14. The number of hydrogen-bond donors (Lipinski definition) is 1. The third-order valence-corrected chi connectivity index (χ3v) is 5.10. The number of aliphatic carboxylic acids is 1. The summed E-state index contributed by atoms with van der Waals surface area (Å²) in [5.41, 5.74) is 2.50. The number of pyridine rings is 1. The molecule has 0 bridgehead atoms. The predicted molar refractivity (Wildman–Crippen MR) is 94.6 cm³/mol. The topological polar surface area (TPSA) is 70.5 Å². The van der Waals surface area contributed by atoms with Crippen molar-refractivity contribution in [2.45, 2.75) is 44.6 Å². The highest BCUT2D eigenvalue weighted by Gasteiger charge is 2.36. The van der Waals surface area contributed by atoms with Gasteiger partial charge in [0, 0.05) is 29.6 Å². The molecule has 1 unspecified atom stereocenters. The summed E-state index contributed by atoms with van der Waals surface area (Å²) in [6, 6.07) is 9.83. The number of carboxylic acid groups (broad SMARTS) is 1. The number of benzene rings is 1. The standard InChI is InChI=1S/C20H22N2O3/c1-12(20(24)25)11-22(14-8-9-14)19(23)16-10-18(13-6-7-13)21-17-5-3-2-4-15(16)17/h2-5,10,12-14H,6-9,11H2,1H3,(H,24,25). The molecule has 0 aliphatic heterocycles. The molecule has 1 aromatic carbocycles. The molecule has 5 nitrogen and oxygen atoms in total. The van der Waals surface area contributed by atoms with Gasteiger partial charge in [0.1, 0.15) is 0 Å². The zero-order valence-electron chi connectivity index (χ0n) is 14.3. The van der Waals surface area contributed by atoms with E-state index in [4.69, 9.17) is 4.98 Å². The van der Waals surface area contributed by atoms with Gasteiger partial charge >= 0.3 is 5.97 Å². The van der Waals surface area contributed by atoms with E-state index in [0.717, 1.165) is 42.3 Å². The van der Waals surface area contributed by atoms with E-state index in [9.17, 15) is 14.7 Å². The molecule has 4 rings (SSSR count). The van der Waals surface area contributed by atoms with Crippen LogP contribution in [0, 0.1) is 5.92 Å². The van der Waals surface area contributed by atoms with Crippen molar-refractivity contribution in [3.8, 4) is 0 Å². The molecule has 1 amide bonds. The van der Waals surface area contributed by atoms with Crippen molar-refractivity contribution in [2.24, 2.45) is 5.92 Å². The summed E-state index contributed by atoms with van der Waals surface area (Å²) in [5, 5.41) is 10.1. The second-order valence-corrected chi connectivity index (χ2v) is 7.31. The van der Waals surface area contributed by atoms with Crippen LogP contribution in [0.4, 0.5) is 0 Å². The first-order chi connectivity index (χ1) is 12.0. The Morgan fingerprint density at radius 3 is 2.60 bits per heavy atom. The van der Waals surface area contributed by atoms with E-state index in [1.54, 1.807) is 11.8 Å². The molecule has 2 aromatic rings. The Kier molecular flexibility index (Phi) is 3.94. The van der Waals surface area contributed by atoms with Gasteiger partial charge in [0.05, 0.1) is 17.0 Å². The lowest BCUT2D eigenvalue weighted by atomic mass is 10.0. The quantitative estimate of drug-likeness (QED) is 0.876. The van der Waals surface area contributed by atoms with Crippen molar-refractivity contribution in [2.75, 3.05) is 6.54 Å². The lowest BCUT2D eigenvalue weighted by Crippen LogP contribution is -2.38. The van der Waals surface area contributed by atoms with Crippen LogP contribution in [0.1, 0.15) is 54.6 Å². The number of hydrogen-bond acceptors (Lipinski definition) is 3. The van der Waals surface area contributed by atoms with Gasteiger partial charge in [-0.05, 0) is 37.8 Å². The van der Waals surface area contributed by atoms with Crippen molar-refractivity contribution >= 4 is 22.8 Å². The van der Waals surface area contributed by atoms with Crippen LogP contribution in [-0.4, -0.2) is 39.5 Å². The Morgan fingerprint density at radius 1 is 1.24 bits per heavy atom. The molecule has 130 valence electrons. The van der Waals surface area contributed by atoms with E-state index < -0.39 is 11.9 Å². The molecule has 0 saturated heterocycles. The maximum absolute atomic E-state index is 13.3. The van der Waals surface area contributed by atoms with Crippen molar-refractivity contribution in [1.82, 2.24) is 9.88 Å². The minimum absolute atomic E-state index is 0.0592. The van der Waals surface area contributed by atoms with Gasteiger partial charge in [0.2, 0.25) is 0 Å². The van der Waals surface area contributed by atoms with Crippen molar-refractivity contribution in [3.63, 3.8) is 0 Å². The number of rotatable bonds is 6. The summed E-state index contributed by atoms with van der Waals surface area (Å²) < 4.78 is 0. The Balaban J connectivity index is 1.73. The Hall–Kier alpha value is -2.43. The fraction of sp³-hybridized carbons (Fsp3) is 0.450. The minimum Gasteiger partial charge on any atom is -0.481 e. The number of aromatic nitrogens is 1. The molecule has 1 N–H and O–H groups in total. The largest absolute Gasteiger partial charge is 0.481 e. The number of carboxylic acids is 1. The molecule has 0 radical (unpaired) electrons. The molecule has 2 aliphatic carbocycles. The number of para-hydroxylation sites is 1. The fourth-order valence-corrected chi connectivity index (χ4v) is 3.27. The zero-order valence-corrected chi connectivity index (χ0v) is 14.3. The summed E-state index contributed by atoms with van der Waals surface area (Å²) in [5.74, 6) is -1.03. The molecule has 5 heteroatoms. The molecular weight excluding hydrogens is 316 g/mol. The zero-order chi connectivity index (χ0) is 17.6. The number of carbonyl (C=O) groups is 2. The van der Waals surface area contributed by atoms with Crippen LogP contribution >= 0.6 is 0 Å². The summed E-state index contributed by atoms with van der Waals surface area (Å²) in [6.07, 6.45) is 4.16. The highest BCUT2D eigenvalue weighted by atomic mass is 16.4. The third-order valence-electron chi connectivity index (χ3n) is 5.10. The van der Waals surface area contributed by atoms with E-state index in [0.29, 0.717) is 11.5 Å². The highest BCUT2D eigenvalue weighted by molar-refractivity contribution is 6.06. The monoisotopic (exact) mass is 338 g/mol. The predicted octanol–water partition coefficient (Wildman–Crippen LogP) is 3.44. The number of fused-ring (bicyclic) bond motifs is 1. The molecule has 0 spiro atoms. The van der Waals surface area contributed by atoms with Crippen LogP contribution in [0.15, 0.2) is 30.3 Å². The maximum Gasteiger partial charge on any atom is 0.308 e. The van der Waals surface area contributed by atoms with Crippen molar-refractivity contribution < 1.29 is 14.7 Å². The van der Waals surface area contributed by atoms with Crippen LogP contribution in [-0.2, 0) is 4.79 Å². The van der Waals surface area contributed by atoms with Crippen LogP contribution < -0.4 is 0 Å². The van der Waals surface area contributed by atoms with E-state index in [-0.39, 0.29) is 18.5 Å². The molecule has 2 fully saturated rings. The normalized spacial score (nSPS) is 18.1. The molecule has 25 heavy (non-hydrogen) atoms. The lowest BCUT2D eigenvalue weighted by Gasteiger charge is -2.25. The van der Waals surface area contributed by atoms with Gasteiger partial charge in [-0.25, -0.2) is 0 Å². The number of amides is 1. The molecule has 1 aromatic heterocycles. The lowest BCUT2D eigenvalue weighted by molar-refractivity contribution is -0.141. The first-order valence-corrected chi connectivity index (χ1v) is 8.98. The van der Waals surface area contributed by atoms with Gasteiger partial charge in [0.25, 0.3) is 5.91 Å². The van der Waals surface area contributed by atoms with Gasteiger partial charge in [-0.1, -0.05) is 25.1 Å². The smallest absolute Gasteiger partial charge is 0.308 e. The first-order valence-electron chi connectivity index (χ1n) is 8.98. The molecule has 1 atom stereocenters. The van der Waals surface area contributed by atoms with Crippen molar-refractivity contribution in [3.05, 3.63) is 41.6 Å². The van der Waals surface area contributed by atoms with E-state index >= 15 is 0 Å². The third kappa shape index (κ3) is 3.23. The maximum atomic E-state index is 13.3. The average Bonchev–Trinajstić information content (AvgIpc) is 3.49. The number of carbonyl (C=O) groups excluding carboxylic acids is 1. The Morgan fingerprint density at radius 2 is 1.96 bits per heavy atom. The molecule has 1 heterocycles. The van der Waals surface area contributed by atoms with Gasteiger partial charge in [0.15, 0.2) is 0 Å². The average molecular weight is 338 g/mol. The van der Waals surface area contributed by atoms with Crippen molar-refractivity contribution in [1.29, 1.82) is 0 Å². The summed E-state index contributed by atoms with van der Waals surface area (Å²) in [4.78, 5) is 31.0. The van der Waals surface area contributed by atoms with Gasteiger partial charge in [-0.15, -0.1) is 0 Å². The van der Waals surface area contributed by atoms with Gasteiger partial charge < -0.3 is 10.0 Å². The van der Waals surface area contributed by atoms with Crippen LogP contribution in [0.2, 0.25) is 0 Å². The van der Waals surface area contributed by atoms with Crippen LogP contribution in [0.25, 0.3) is 10.9 Å². The van der Waals surface area contributed by atoms with Crippen LogP contribution in [0.5, 0.6) is 0 Å². The second-order valence-electron chi connectivity index (χ2n) is 7.31.